The predicted molar refractivity (Wildman–Crippen MR) is 104 cm³/mol. The minimum absolute atomic E-state index is 0.216. The highest BCUT2D eigenvalue weighted by atomic mass is 35.5. The number of methoxy groups -OCH3 is 1. The summed E-state index contributed by atoms with van der Waals surface area (Å²) < 4.78 is 18.4. The number of amides is 1. The number of hydrogen-bond acceptors (Lipinski definition) is 3. The molecule has 0 fully saturated rings. The lowest BCUT2D eigenvalue weighted by atomic mass is 9.91. The maximum absolute atomic E-state index is 13.3. The smallest absolute Gasteiger partial charge is 0.232 e. The van der Waals surface area contributed by atoms with E-state index in [2.05, 4.69) is 10.3 Å². The molecule has 1 atom stereocenters. The number of anilines is 1. The molecule has 0 aliphatic heterocycles. The average Bonchev–Trinajstić information content (AvgIpc) is 2.68. The van der Waals surface area contributed by atoms with Crippen LogP contribution in [0.15, 0.2) is 67.0 Å². The maximum atomic E-state index is 13.3. The second-order valence-electron chi connectivity index (χ2n) is 6.01. The highest BCUT2D eigenvalue weighted by molar-refractivity contribution is 6.32. The fourth-order valence-electron chi connectivity index (χ4n) is 2.79. The molecule has 1 heterocycles. The first-order valence-corrected chi connectivity index (χ1v) is 8.73. The summed E-state index contributed by atoms with van der Waals surface area (Å²) in [7, 11) is 1.53. The largest absolute Gasteiger partial charge is 0.495 e. The van der Waals surface area contributed by atoms with Crippen molar-refractivity contribution in [1.29, 1.82) is 0 Å². The topological polar surface area (TPSA) is 51.2 Å². The highest BCUT2D eigenvalue weighted by Gasteiger charge is 2.22. The number of halogens is 2. The van der Waals surface area contributed by atoms with Crippen molar-refractivity contribution in [2.24, 2.45) is 0 Å². The Morgan fingerprint density at radius 3 is 2.63 bits per heavy atom. The number of nitrogens with one attached hydrogen (secondary N) is 1. The molecule has 6 heteroatoms. The highest BCUT2D eigenvalue weighted by Crippen LogP contribution is 2.29. The standard InChI is InChI=1S/C21H18ClFN2O2/c1-27-20-9-8-17(12-19(20)22)25-21(26)18(11-14-3-2-10-24-13-14)15-4-6-16(23)7-5-15/h2-10,12-13,18H,11H2,1H3,(H,25,26). The molecule has 1 N–H and O–H groups in total. The maximum Gasteiger partial charge on any atom is 0.232 e. The molecule has 0 saturated carbocycles. The van der Waals surface area contributed by atoms with Crippen LogP contribution in [0.1, 0.15) is 17.0 Å². The molecule has 0 radical (unpaired) electrons. The van der Waals surface area contributed by atoms with E-state index in [1.165, 1.54) is 19.2 Å². The molecule has 27 heavy (non-hydrogen) atoms. The van der Waals surface area contributed by atoms with Crippen molar-refractivity contribution in [3.8, 4) is 5.75 Å². The number of rotatable bonds is 6. The summed E-state index contributed by atoms with van der Waals surface area (Å²) in [5.41, 5.74) is 2.19. The van der Waals surface area contributed by atoms with Gasteiger partial charge in [0, 0.05) is 18.1 Å². The summed E-state index contributed by atoms with van der Waals surface area (Å²) >= 11 is 6.13. The molecule has 3 aromatic rings. The molecular weight excluding hydrogens is 367 g/mol. The fraction of sp³-hybridized carbons (Fsp3) is 0.143. The van der Waals surface area contributed by atoms with Crippen LogP contribution in [0, 0.1) is 5.82 Å². The van der Waals surface area contributed by atoms with Crippen molar-refractivity contribution in [1.82, 2.24) is 4.98 Å². The van der Waals surface area contributed by atoms with Crippen molar-refractivity contribution in [2.45, 2.75) is 12.3 Å². The Morgan fingerprint density at radius 2 is 2.00 bits per heavy atom. The van der Waals surface area contributed by atoms with E-state index in [4.69, 9.17) is 16.3 Å². The van der Waals surface area contributed by atoms with Crippen LogP contribution in [0.5, 0.6) is 5.75 Å². The Kier molecular flexibility index (Phi) is 6.04. The molecule has 3 rings (SSSR count). The summed E-state index contributed by atoms with van der Waals surface area (Å²) in [6, 6.07) is 14.7. The molecule has 0 saturated heterocycles. The summed E-state index contributed by atoms with van der Waals surface area (Å²) in [6.45, 7) is 0. The van der Waals surface area contributed by atoms with Gasteiger partial charge in [-0.3, -0.25) is 9.78 Å². The van der Waals surface area contributed by atoms with Crippen LogP contribution < -0.4 is 10.1 Å². The lowest BCUT2D eigenvalue weighted by molar-refractivity contribution is -0.117. The number of pyridine rings is 1. The van der Waals surface area contributed by atoms with Gasteiger partial charge in [-0.1, -0.05) is 29.8 Å². The Hall–Kier alpha value is -2.92. The van der Waals surface area contributed by atoms with Crippen LogP contribution in [0.2, 0.25) is 5.02 Å². The van der Waals surface area contributed by atoms with Crippen molar-refractivity contribution in [2.75, 3.05) is 12.4 Å². The Morgan fingerprint density at radius 1 is 1.22 bits per heavy atom. The normalized spacial score (nSPS) is 11.7. The third kappa shape index (κ3) is 4.83. The van der Waals surface area contributed by atoms with E-state index in [0.29, 0.717) is 22.9 Å². The average molecular weight is 385 g/mol. The molecule has 0 aliphatic carbocycles. The molecule has 0 aliphatic rings. The van der Waals surface area contributed by atoms with Gasteiger partial charge in [-0.25, -0.2) is 4.39 Å². The first kappa shape index (κ1) is 18.9. The molecule has 4 nitrogen and oxygen atoms in total. The zero-order valence-corrected chi connectivity index (χ0v) is 15.4. The predicted octanol–water partition coefficient (Wildman–Crippen LogP) is 4.85. The van der Waals surface area contributed by atoms with E-state index in [1.54, 1.807) is 42.7 Å². The third-order valence-electron chi connectivity index (χ3n) is 4.17. The summed E-state index contributed by atoms with van der Waals surface area (Å²) in [5.74, 6) is -0.538. The number of hydrogen-bond donors (Lipinski definition) is 1. The summed E-state index contributed by atoms with van der Waals surface area (Å²) in [6.07, 6.45) is 3.83. The van der Waals surface area contributed by atoms with Gasteiger partial charge in [0.05, 0.1) is 18.1 Å². The van der Waals surface area contributed by atoms with Gasteiger partial charge in [0.2, 0.25) is 5.91 Å². The van der Waals surface area contributed by atoms with Gasteiger partial charge in [-0.2, -0.15) is 0 Å². The van der Waals surface area contributed by atoms with Crippen LogP contribution >= 0.6 is 11.6 Å². The van der Waals surface area contributed by atoms with Crippen molar-refractivity contribution in [3.05, 3.63) is 89.0 Å². The molecule has 1 aromatic heterocycles. The van der Waals surface area contributed by atoms with Gasteiger partial charge in [0.25, 0.3) is 0 Å². The fourth-order valence-corrected chi connectivity index (χ4v) is 3.04. The van der Waals surface area contributed by atoms with E-state index in [1.807, 2.05) is 12.1 Å². The number of carbonyl (C=O) groups is 1. The Balaban J connectivity index is 1.86. The second-order valence-corrected chi connectivity index (χ2v) is 6.42. The second kappa shape index (κ2) is 8.64. The number of nitrogens with zero attached hydrogens (tertiary/aromatic N) is 1. The Labute approximate surface area is 162 Å². The molecule has 0 bridgehead atoms. The van der Waals surface area contributed by atoms with E-state index >= 15 is 0 Å². The first-order chi connectivity index (χ1) is 13.1. The molecule has 0 spiro atoms. The molecule has 2 aromatic carbocycles. The van der Waals surface area contributed by atoms with E-state index < -0.39 is 5.92 Å². The number of benzene rings is 2. The monoisotopic (exact) mass is 384 g/mol. The zero-order chi connectivity index (χ0) is 19.2. The molecule has 1 unspecified atom stereocenters. The van der Waals surface area contributed by atoms with Crippen LogP contribution in [0.25, 0.3) is 0 Å². The number of ether oxygens (including phenoxy) is 1. The van der Waals surface area contributed by atoms with Crippen LogP contribution in [-0.4, -0.2) is 18.0 Å². The lowest BCUT2D eigenvalue weighted by Crippen LogP contribution is -2.23. The van der Waals surface area contributed by atoms with E-state index in [0.717, 1.165) is 11.1 Å². The SMILES string of the molecule is COc1ccc(NC(=O)C(Cc2cccnc2)c2ccc(F)cc2)cc1Cl. The van der Waals surface area contributed by atoms with Gasteiger partial charge < -0.3 is 10.1 Å². The molecular formula is C21H18ClFN2O2. The van der Waals surface area contributed by atoms with E-state index in [9.17, 15) is 9.18 Å². The quantitative estimate of drug-likeness (QED) is 0.661. The van der Waals surface area contributed by atoms with Crippen molar-refractivity contribution in [3.63, 3.8) is 0 Å². The van der Waals surface area contributed by atoms with Gasteiger partial charge in [-0.05, 0) is 53.9 Å². The van der Waals surface area contributed by atoms with Crippen LogP contribution in [0.4, 0.5) is 10.1 Å². The molecule has 1 amide bonds. The Bertz CT molecular complexity index is 917. The number of carbonyl (C=O) groups excluding carboxylic acids is 1. The summed E-state index contributed by atoms with van der Waals surface area (Å²) in [5, 5.41) is 3.28. The summed E-state index contributed by atoms with van der Waals surface area (Å²) in [4.78, 5) is 17.1. The lowest BCUT2D eigenvalue weighted by Gasteiger charge is -2.18. The van der Waals surface area contributed by atoms with Gasteiger partial charge in [-0.15, -0.1) is 0 Å². The van der Waals surface area contributed by atoms with Crippen LogP contribution in [0.3, 0.4) is 0 Å². The van der Waals surface area contributed by atoms with Gasteiger partial charge >= 0.3 is 0 Å². The minimum atomic E-state index is -0.504. The first-order valence-electron chi connectivity index (χ1n) is 8.35. The minimum Gasteiger partial charge on any atom is -0.495 e. The van der Waals surface area contributed by atoms with Crippen molar-refractivity contribution >= 4 is 23.2 Å². The third-order valence-corrected chi connectivity index (χ3v) is 4.47. The van der Waals surface area contributed by atoms with Crippen molar-refractivity contribution < 1.29 is 13.9 Å². The van der Waals surface area contributed by atoms with E-state index in [-0.39, 0.29) is 11.7 Å². The van der Waals surface area contributed by atoms with Crippen LogP contribution in [-0.2, 0) is 11.2 Å². The van der Waals surface area contributed by atoms with Gasteiger partial charge in [0.1, 0.15) is 11.6 Å². The van der Waals surface area contributed by atoms with Gasteiger partial charge in [0.15, 0.2) is 0 Å². The zero-order valence-electron chi connectivity index (χ0n) is 14.7. The number of aromatic nitrogens is 1. The molecule has 138 valence electrons.